The van der Waals surface area contributed by atoms with Gasteiger partial charge in [-0.2, -0.15) is 0 Å². The van der Waals surface area contributed by atoms with Gasteiger partial charge in [-0.15, -0.1) is 11.3 Å². The molecule has 1 aliphatic rings. The summed E-state index contributed by atoms with van der Waals surface area (Å²) in [5.74, 6) is 0.607. The predicted octanol–water partition coefficient (Wildman–Crippen LogP) is 3.69. The fourth-order valence-electron chi connectivity index (χ4n) is 3.35. The molecule has 4 rings (SSSR count). The Morgan fingerprint density at radius 3 is 3.00 bits per heavy atom. The molecule has 2 N–H and O–H groups in total. The molecular weight excluding hydrogens is 330 g/mol. The fourth-order valence-corrected chi connectivity index (χ4v) is 4.19. The van der Waals surface area contributed by atoms with E-state index >= 15 is 0 Å². The number of nitrogens with one attached hydrogen (secondary N) is 2. The summed E-state index contributed by atoms with van der Waals surface area (Å²) in [6, 6.07) is 14.5. The highest BCUT2D eigenvalue weighted by molar-refractivity contribution is 7.13. The predicted molar refractivity (Wildman–Crippen MR) is 103 cm³/mol. The molecule has 1 amide bonds. The zero-order valence-electron chi connectivity index (χ0n) is 14.0. The topological polar surface area (TPSA) is 54.0 Å². The number of aromatic nitrogens is 1. The van der Waals surface area contributed by atoms with Gasteiger partial charge < -0.3 is 10.6 Å². The summed E-state index contributed by atoms with van der Waals surface area (Å²) in [5.41, 5.74) is 1.59. The Balaban J connectivity index is 1.46. The second kappa shape index (κ2) is 7.33. The molecule has 2 heterocycles. The van der Waals surface area contributed by atoms with Crippen LogP contribution < -0.4 is 10.6 Å². The lowest BCUT2D eigenvalue weighted by Crippen LogP contribution is -2.26. The van der Waals surface area contributed by atoms with Gasteiger partial charge in [-0.3, -0.25) is 4.79 Å². The summed E-state index contributed by atoms with van der Waals surface area (Å²) >= 11 is 1.52. The van der Waals surface area contributed by atoms with Crippen molar-refractivity contribution in [2.75, 3.05) is 19.6 Å². The first-order chi connectivity index (χ1) is 12.3. The van der Waals surface area contributed by atoms with Gasteiger partial charge in [-0.05, 0) is 42.6 Å². The smallest absolute Gasteiger partial charge is 0.270 e. The summed E-state index contributed by atoms with van der Waals surface area (Å²) in [4.78, 5) is 16.9. The Kier molecular flexibility index (Phi) is 4.76. The van der Waals surface area contributed by atoms with Crippen molar-refractivity contribution in [2.24, 2.45) is 5.92 Å². The molecule has 1 aliphatic heterocycles. The van der Waals surface area contributed by atoms with Crippen LogP contribution in [0.25, 0.3) is 21.3 Å². The van der Waals surface area contributed by atoms with E-state index in [2.05, 4.69) is 39.9 Å². The Morgan fingerprint density at radius 2 is 2.12 bits per heavy atom. The normalized spacial score (nSPS) is 17.0. The monoisotopic (exact) mass is 351 g/mol. The molecule has 0 radical (unpaired) electrons. The quantitative estimate of drug-likeness (QED) is 0.737. The van der Waals surface area contributed by atoms with Crippen molar-refractivity contribution in [2.45, 2.75) is 12.8 Å². The third-order valence-corrected chi connectivity index (χ3v) is 5.63. The molecule has 1 atom stereocenters. The molecular formula is C20H21N3OS. The number of benzene rings is 2. The molecule has 1 saturated heterocycles. The molecule has 0 saturated carbocycles. The van der Waals surface area contributed by atoms with E-state index in [1.54, 1.807) is 0 Å². The molecule has 1 fully saturated rings. The largest absolute Gasteiger partial charge is 0.351 e. The number of hydrogen-bond acceptors (Lipinski definition) is 4. The van der Waals surface area contributed by atoms with Crippen molar-refractivity contribution in [1.29, 1.82) is 0 Å². The lowest BCUT2D eigenvalue weighted by molar-refractivity contribution is 0.0947. The van der Waals surface area contributed by atoms with Crippen molar-refractivity contribution >= 4 is 28.0 Å². The third kappa shape index (κ3) is 3.57. The Morgan fingerprint density at radius 1 is 1.24 bits per heavy atom. The van der Waals surface area contributed by atoms with Crippen molar-refractivity contribution in [3.63, 3.8) is 0 Å². The standard InChI is InChI=1S/C20H21N3OS/c24-19(22-11-9-14-8-10-21-12-14)18-13-25-20(23-18)17-7-3-5-15-4-1-2-6-16(15)17/h1-7,13-14,21H,8-12H2,(H,22,24)/t14-/m1/s1. The molecule has 5 heteroatoms. The Bertz CT molecular complexity index is 878. The van der Waals surface area contributed by atoms with E-state index in [-0.39, 0.29) is 5.91 Å². The molecule has 0 spiro atoms. The van der Waals surface area contributed by atoms with E-state index in [9.17, 15) is 4.79 Å². The first-order valence-electron chi connectivity index (χ1n) is 8.74. The Hall–Kier alpha value is -2.24. The highest BCUT2D eigenvalue weighted by Gasteiger charge is 2.16. The summed E-state index contributed by atoms with van der Waals surface area (Å²) in [6.45, 7) is 2.88. The number of amides is 1. The van der Waals surface area contributed by atoms with Gasteiger partial charge in [0.2, 0.25) is 0 Å². The minimum atomic E-state index is -0.0753. The van der Waals surface area contributed by atoms with Crippen LogP contribution in [-0.4, -0.2) is 30.5 Å². The molecule has 25 heavy (non-hydrogen) atoms. The number of nitrogens with zero attached hydrogens (tertiary/aromatic N) is 1. The first-order valence-corrected chi connectivity index (χ1v) is 9.62. The maximum Gasteiger partial charge on any atom is 0.270 e. The summed E-state index contributed by atoms with van der Waals surface area (Å²) in [6.07, 6.45) is 2.23. The van der Waals surface area contributed by atoms with Crippen molar-refractivity contribution in [3.8, 4) is 10.6 Å². The number of carbonyl (C=O) groups excluding carboxylic acids is 1. The molecule has 2 aromatic carbocycles. The van der Waals surface area contributed by atoms with Crippen LogP contribution in [0.3, 0.4) is 0 Å². The van der Waals surface area contributed by atoms with E-state index in [0.717, 1.165) is 30.1 Å². The van der Waals surface area contributed by atoms with E-state index in [1.807, 2.05) is 23.6 Å². The number of hydrogen-bond donors (Lipinski definition) is 2. The summed E-state index contributed by atoms with van der Waals surface area (Å²) in [7, 11) is 0. The molecule has 1 aromatic heterocycles. The number of rotatable bonds is 5. The van der Waals surface area contributed by atoms with Gasteiger partial charge in [0.15, 0.2) is 0 Å². The number of carbonyl (C=O) groups is 1. The van der Waals surface area contributed by atoms with Gasteiger partial charge >= 0.3 is 0 Å². The van der Waals surface area contributed by atoms with Crippen molar-refractivity contribution in [3.05, 3.63) is 53.5 Å². The van der Waals surface area contributed by atoms with Crippen molar-refractivity contribution in [1.82, 2.24) is 15.6 Å². The van der Waals surface area contributed by atoms with Gasteiger partial charge in [0.1, 0.15) is 10.7 Å². The van der Waals surface area contributed by atoms with Gasteiger partial charge in [-0.25, -0.2) is 4.98 Å². The first kappa shape index (κ1) is 16.2. The van der Waals surface area contributed by atoms with Crippen LogP contribution in [-0.2, 0) is 0 Å². The van der Waals surface area contributed by atoms with E-state index < -0.39 is 0 Å². The van der Waals surface area contributed by atoms with Crippen LogP contribution in [0.4, 0.5) is 0 Å². The Labute approximate surface area is 151 Å². The highest BCUT2D eigenvalue weighted by Crippen LogP contribution is 2.30. The van der Waals surface area contributed by atoms with Gasteiger partial charge in [0.25, 0.3) is 5.91 Å². The van der Waals surface area contributed by atoms with Crippen LogP contribution in [0.1, 0.15) is 23.3 Å². The molecule has 3 aromatic rings. The SMILES string of the molecule is O=C(NCC[C@H]1CCNC1)c1csc(-c2cccc3ccccc23)n1. The van der Waals surface area contributed by atoms with Gasteiger partial charge in [0.05, 0.1) is 0 Å². The fraction of sp³-hybridized carbons (Fsp3) is 0.300. The second-order valence-electron chi connectivity index (χ2n) is 6.47. The molecule has 0 bridgehead atoms. The molecule has 0 unspecified atom stereocenters. The van der Waals surface area contributed by atoms with Crippen LogP contribution in [0.2, 0.25) is 0 Å². The average Bonchev–Trinajstić information content (AvgIpc) is 3.33. The van der Waals surface area contributed by atoms with Crippen LogP contribution >= 0.6 is 11.3 Å². The maximum atomic E-state index is 12.3. The van der Waals surface area contributed by atoms with Crippen molar-refractivity contribution < 1.29 is 4.79 Å². The van der Waals surface area contributed by atoms with E-state index in [0.29, 0.717) is 18.2 Å². The minimum Gasteiger partial charge on any atom is -0.351 e. The number of thiazole rings is 1. The average molecular weight is 351 g/mol. The lowest BCUT2D eigenvalue weighted by atomic mass is 10.1. The van der Waals surface area contributed by atoms with Crippen LogP contribution in [0.5, 0.6) is 0 Å². The third-order valence-electron chi connectivity index (χ3n) is 4.76. The second-order valence-corrected chi connectivity index (χ2v) is 7.33. The maximum absolute atomic E-state index is 12.3. The van der Waals surface area contributed by atoms with E-state index in [1.165, 1.54) is 28.5 Å². The molecule has 128 valence electrons. The molecule has 4 nitrogen and oxygen atoms in total. The summed E-state index contributed by atoms with van der Waals surface area (Å²) in [5, 5.41) is 11.5. The zero-order valence-corrected chi connectivity index (χ0v) is 14.8. The van der Waals surface area contributed by atoms with Crippen LogP contribution in [0.15, 0.2) is 47.8 Å². The number of fused-ring (bicyclic) bond motifs is 1. The van der Waals surface area contributed by atoms with Crippen LogP contribution in [0, 0.1) is 5.92 Å². The van der Waals surface area contributed by atoms with Gasteiger partial charge in [-0.1, -0.05) is 42.5 Å². The highest BCUT2D eigenvalue weighted by atomic mass is 32.1. The summed E-state index contributed by atoms with van der Waals surface area (Å²) < 4.78 is 0. The lowest BCUT2D eigenvalue weighted by Gasteiger charge is -2.08. The minimum absolute atomic E-state index is 0.0753. The zero-order chi connectivity index (χ0) is 17.1. The molecule has 0 aliphatic carbocycles. The van der Waals surface area contributed by atoms with Gasteiger partial charge in [0, 0.05) is 17.5 Å². The van der Waals surface area contributed by atoms with E-state index in [4.69, 9.17) is 0 Å².